The number of aromatic nitrogens is 3. The van der Waals surface area contributed by atoms with Crippen LogP contribution in [0.4, 0.5) is 13.2 Å². The first-order chi connectivity index (χ1) is 10.4. The van der Waals surface area contributed by atoms with Crippen LogP contribution < -0.4 is 0 Å². The van der Waals surface area contributed by atoms with Gasteiger partial charge >= 0.3 is 6.18 Å². The average molecular weight is 346 g/mol. The van der Waals surface area contributed by atoms with Gasteiger partial charge in [-0.2, -0.15) is 13.2 Å². The van der Waals surface area contributed by atoms with Gasteiger partial charge in [0.2, 0.25) is 5.82 Å². The summed E-state index contributed by atoms with van der Waals surface area (Å²) < 4.78 is 40.5. The van der Waals surface area contributed by atoms with E-state index in [0.717, 1.165) is 4.57 Å². The normalized spacial score (nSPS) is 12.0. The highest BCUT2D eigenvalue weighted by Crippen LogP contribution is 2.32. The number of imidazole rings is 1. The molecule has 0 aliphatic rings. The van der Waals surface area contributed by atoms with Crippen molar-refractivity contribution in [1.29, 1.82) is 0 Å². The number of nitrogens with zero attached hydrogens (tertiary/aromatic N) is 3. The van der Waals surface area contributed by atoms with Crippen LogP contribution in [0.15, 0.2) is 36.5 Å². The zero-order valence-electron chi connectivity index (χ0n) is 10.9. The molecule has 2 heterocycles. The lowest BCUT2D eigenvalue weighted by Gasteiger charge is -2.11. The predicted octanol–water partition coefficient (Wildman–Crippen LogP) is 4.81. The average Bonchev–Trinajstić information content (AvgIpc) is 2.82. The van der Waals surface area contributed by atoms with Crippen LogP contribution in [-0.4, -0.2) is 14.5 Å². The molecule has 3 rings (SSSR count). The summed E-state index contributed by atoms with van der Waals surface area (Å²) in [4.78, 5) is 7.63. The molecule has 0 aliphatic heterocycles. The van der Waals surface area contributed by atoms with Gasteiger partial charge in [0.25, 0.3) is 0 Å². The van der Waals surface area contributed by atoms with Crippen molar-refractivity contribution in [2.45, 2.75) is 12.7 Å². The van der Waals surface area contributed by atoms with Crippen molar-refractivity contribution in [2.24, 2.45) is 0 Å². The molecule has 0 spiro atoms. The Hall–Kier alpha value is -1.79. The SMILES string of the molecule is FC(F)(F)c1nc2cccnc2n1Cc1ccc(Cl)c(Cl)c1. The second kappa shape index (κ2) is 5.44. The maximum atomic E-state index is 13.2. The van der Waals surface area contributed by atoms with E-state index in [1.54, 1.807) is 18.2 Å². The Morgan fingerprint density at radius 3 is 2.55 bits per heavy atom. The highest BCUT2D eigenvalue weighted by Gasteiger charge is 2.37. The minimum Gasteiger partial charge on any atom is -0.301 e. The van der Waals surface area contributed by atoms with E-state index in [1.165, 1.54) is 18.3 Å². The summed E-state index contributed by atoms with van der Waals surface area (Å²) >= 11 is 11.7. The van der Waals surface area contributed by atoms with Gasteiger partial charge in [0.15, 0.2) is 5.65 Å². The quantitative estimate of drug-likeness (QED) is 0.667. The number of halogens is 5. The largest absolute Gasteiger partial charge is 0.449 e. The number of hydrogen-bond acceptors (Lipinski definition) is 2. The third-order valence-corrected chi connectivity index (χ3v) is 3.82. The van der Waals surface area contributed by atoms with Gasteiger partial charge in [0.05, 0.1) is 16.6 Å². The molecule has 0 unspecified atom stereocenters. The summed E-state index contributed by atoms with van der Waals surface area (Å²) in [6.45, 7) is -0.0563. The molecular weight excluding hydrogens is 338 g/mol. The lowest BCUT2D eigenvalue weighted by molar-refractivity contribution is -0.146. The summed E-state index contributed by atoms with van der Waals surface area (Å²) in [5, 5.41) is 0.625. The van der Waals surface area contributed by atoms with Crippen LogP contribution in [0.25, 0.3) is 11.2 Å². The Kier molecular flexibility index (Phi) is 3.74. The van der Waals surface area contributed by atoms with E-state index in [4.69, 9.17) is 23.2 Å². The number of alkyl halides is 3. The van der Waals surface area contributed by atoms with Crippen molar-refractivity contribution in [3.05, 3.63) is 58.0 Å². The van der Waals surface area contributed by atoms with Crippen molar-refractivity contribution < 1.29 is 13.2 Å². The van der Waals surface area contributed by atoms with Crippen molar-refractivity contribution in [2.75, 3.05) is 0 Å². The molecule has 1 aromatic carbocycles. The Labute approximate surface area is 133 Å². The zero-order valence-corrected chi connectivity index (χ0v) is 12.4. The minimum absolute atomic E-state index is 0.0563. The smallest absolute Gasteiger partial charge is 0.301 e. The van der Waals surface area contributed by atoms with Gasteiger partial charge in [-0.15, -0.1) is 0 Å². The lowest BCUT2D eigenvalue weighted by Crippen LogP contribution is -2.16. The fourth-order valence-corrected chi connectivity index (χ4v) is 2.47. The number of pyridine rings is 1. The molecule has 2 aromatic heterocycles. The molecule has 0 fully saturated rings. The predicted molar refractivity (Wildman–Crippen MR) is 78.1 cm³/mol. The van der Waals surface area contributed by atoms with E-state index in [1.807, 2.05) is 0 Å². The van der Waals surface area contributed by atoms with E-state index in [0.29, 0.717) is 10.6 Å². The fraction of sp³-hybridized carbons (Fsp3) is 0.143. The van der Waals surface area contributed by atoms with Crippen molar-refractivity contribution in [3.63, 3.8) is 0 Å². The maximum Gasteiger partial charge on any atom is 0.449 e. The third kappa shape index (κ3) is 2.76. The van der Waals surface area contributed by atoms with Crippen molar-refractivity contribution >= 4 is 34.4 Å². The van der Waals surface area contributed by atoms with Crippen molar-refractivity contribution in [1.82, 2.24) is 14.5 Å². The highest BCUT2D eigenvalue weighted by atomic mass is 35.5. The number of benzene rings is 1. The van der Waals surface area contributed by atoms with Crippen LogP contribution >= 0.6 is 23.2 Å². The minimum atomic E-state index is -4.57. The van der Waals surface area contributed by atoms with E-state index < -0.39 is 12.0 Å². The maximum absolute atomic E-state index is 13.2. The van der Waals surface area contributed by atoms with Gasteiger partial charge in [-0.25, -0.2) is 9.97 Å². The Balaban J connectivity index is 2.14. The summed E-state index contributed by atoms with van der Waals surface area (Å²) in [5.74, 6) is -0.993. The molecule has 0 atom stereocenters. The van der Waals surface area contributed by atoms with Crippen molar-refractivity contribution in [3.8, 4) is 0 Å². The molecule has 8 heteroatoms. The van der Waals surface area contributed by atoms with E-state index in [2.05, 4.69) is 9.97 Å². The topological polar surface area (TPSA) is 30.7 Å². The second-order valence-corrected chi connectivity index (χ2v) is 5.43. The van der Waals surface area contributed by atoms with E-state index in [9.17, 15) is 13.2 Å². The fourth-order valence-electron chi connectivity index (χ4n) is 2.15. The molecule has 0 aliphatic carbocycles. The third-order valence-electron chi connectivity index (χ3n) is 3.08. The van der Waals surface area contributed by atoms with Gasteiger partial charge in [-0.3, -0.25) is 0 Å². The molecule has 114 valence electrons. The second-order valence-electron chi connectivity index (χ2n) is 4.61. The first kappa shape index (κ1) is 15.1. The summed E-state index contributed by atoms with van der Waals surface area (Å²) in [6, 6.07) is 7.71. The highest BCUT2D eigenvalue weighted by molar-refractivity contribution is 6.42. The van der Waals surface area contributed by atoms with Crippen LogP contribution in [0, 0.1) is 0 Å². The zero-order chi connectivity index (χ0) is 15.9. The van der Waals surface area contributed by atoms with Crippen LogP contribution in [0.2, 0.25) is 10.0 Å². The van der Waals surface area contributed by atoms with Gasteiger partial charge < -0.3 is 4.57 Å². The summed E-state index contributed by atoms with van der Waals surface area (Å²) in [7, 11) is 0. The molecular formula is C14H8Cl2F3N3. The number of hydrogen-bond donors (Lipinski definition) is 0. The molecule has 3 nitrogen and oxygen atoms in total. The molecule has 0 saturated carbocycles. The first-order valence-corrected chi connectivity index (χ1v) is 6.94. The molecule has 0 radical (unpaired) electrons. The van der Waals surface area contributed by atoms with Gasteiger partial charge in [-0.05, 0) is 29.8 Å². The Bertz CT molecular complexity index is 843. The van der Waals surface area contributed by atoms with Crippen LogP contribution in [-0.2, 0) is 12.7 Å². The Morgan fingerprint density at radius 1 is 1.09 bits per heavy atom. The first-order valence-electron chi connectivity index (χ1n) is 6.18. The van der Waals surface area contributed by atoms with Crippen LogP contribution in [0.5, 0.6) is 0 Å². The summed E-state index contributed by atoms with van der Waals surface area (Å²) in [6.07, 6.45) is -3.15. The van der Waals surface area contributed by atoms with E-state index in [-0.39, 0.29) is 22.7 Å². The molecule has 22 heavy (non-hydrogen) atoms. The number of rotatable bonds is 2. The molecule has 3 aromatic rings. The monoisotopic (exact) mass is 345 g/mol. The molecule has 0 saturated heterocycles. The number of fused-ring (bicyclic) bond motifs is 1. The van der Waals surface area contributed by atoms with E-state index >= 15 is 0 Å². The Morgan fingerprint density at radius 2 is 1.86 bits per heavy atom. The summed E-state index contributed by atoms with van der Waals surface area (Å²) in [5.41, 5.74) is 0.931. The molecule has 0 amide bonds. The molecule has 0 N–H and O–H groups in total. The lowest BCUT2D eigenvalue weighted by atomic mass is 10.2. The van der Waals surface area contributed by atoms with Crippen LogP contribution in [0.3, 0.4) is 0 Å². The van der Waals surface area contributed by atoms with Gasteiger partial charge in [0, 0.05) is 6.20 Å². The van der Waals surface area contributed by atoms with Gasteiger partial charge in [-0.1, -0.05) is 29.3 Å². The standard InChI is InChI=1S/C14H8Cl2F3N3/c15-9-4-3-8(6-10(9)16)7-22-12-11(2-1-5-20-12)21-13(22)14(17,18)19/h1-6H,7H2. The van der Waals surface area contributed by atoms with Gasteiger partial charge in [0.1, 0.15) is 5.52 Å². The van der Waals surface area contributed by atoms with Crippen LogP contribution in [0.1, 0.15) is 11.4 Å². The molecule has 0 bridgehead atoms.